The molecule has 0 saturated carbocycles. The summed E-state index contributed by atoms with van der Waals surface area (Å²) in [6, 6.07) is 19.8. The Morgan fingerprint density at radius 2 is 1.66 bits per heavy atom. The first-order valence-electron chi connectivity index (χ1n) is 10.9. The van der Waals surface area contributed by atoms with Crippen molar-refractivity contribution in [2.24, 2.45) is 0 Å². The van der Waals surface area contributed by atoms with Crippen molar-refractivity contribution in [2.45, 2.75) is 11.0 Å². The highest BCUT2D eigenvalue weighted by atomic mass is 32.2. The van der Waals surface area contributed by atoms with Crippen molar-refractivity contribution in [3.63, 3.8) is 0 Å². The van der Waals surface area contributed by atoms with Crippen LogP contribution in [0.3, 0.4) is 0 Å². The number of nitrogens with one attached hydrogen (secondary N) is 1. The van der Waals surface area contributed by atoms with Gasteiger partial charge in [0, 0.05) is 0 Å². The molecule has 0 fully saturated rings. The minimum Gasteiger partial charge on any atom is -0.497 e. The fourth-order valence-corrected chi connectivity index (χ4v) is 5.02. The topological polar surface area (TPSA) is 103 Å². The van der Waals surface area contributed by atoms with Gasteiger partial charge in [-0.05, 0) is 48.5 Å². The third kappa shape index (κ3) is 5.43. The third-order valence-electron chi connectivity index (χ3n) is 5.38. The van der Waals surface area contributed by atoms with Crippen molar-refractivity contribution >= 4 is 21.6 Å². The molecular formula is C25H26N2O7S. The predicted octanol–water partition coefficient (Wildman–Crippen LogP) is 2.86. The van der Waals surface area contributed by atoms with Gasteiger partial charge in [0.15, 0.2) is 11.5 Å². The summed E-state index contributed by atoms with van der Waals surface area (Å²) in [5.41, 5.74) is 0.243. The molecule has 35 heavy (non-hydrogen) atoms. The number of amides is 1. The average Bonchev–Trinajstić information content (AvgIpc) is 2.90. The van der Waals surface area contributed by atoms with E-state index < -0.39 is 28.6 Å². The van der Waals surface area contributed by atoms with E-state index in [-0.39, 0.29) is 23.7 Å². The average molecular weight is 499 g/mol. The molecule has 0 radical (unpaired) electrons. The maximum atomic E-state index is 13.6. The van der Waals surface area contributed by atoms with Crippen LogP contribution in [0.2, 0.25) is 0 Å². The summed E-state index contributed by atoms with van der Waals surface area (Å²) in [5, 5.41) is 2.75. The molecule has 4 rings (SSSR count). The lowest BCUT2D eigenvalue weighted by atomic mass is 10.2. The zero-order chi connectivity index (χ0) is 24.8. The van der Waals surface area contributed by atoms with E-state index in [0.29, 0.717) is 23.0 Å². The molecule has 0 bridgehead atoms. The Balaban J connectivity index is 1.53. The van der Waals surface area contributed by atoms with Gasteiger partial charge in [0.2, 0.25) is 5.91 Å². The summed E-state index contributed by atoms with van der Waals surface area (Å²) in [6.07, 6.45) is -0.410. The first-order chi connectivity index (χ1) is 16.9. The zero-order valence-corrected chi connectivity index (χ0v) is 20.2. The molecule has 1 heterocycles. The molecule has 1 aliphatic rings. The smallest absolute Gasteiger partial charge is 0.264 e. The number of carbonyl (C=O) groups excluding carboxylic acids is 1. The fourth-order valence-electron chi connectivity index (χ4n) is 3.59. The number of benzene rings is 3. The summed E-state index contributed by atoms with van der Waals surface area (Å²) in [7, 11) is -1.17. The number of rotatable bonds is 9. The molecule has 0 unspecified atom stereocenters. The lowest BCUT2D eigenvalue weighted by Crippen LogP contribution is -2.45. The van der Waals surface area contributed by atoms with Gasteiger partial charge in [0.05, 0.1) is 31.3 Å². The molecule has 0 aliphatic carbocycles. The molecule has 3 aromatic rings. The largest absolute Gasteiger partial charge is 0.497 e. The minimum absolute atomic E-state index is 0.0117. The molecular weight excluding hydrogens is 472 g/mol. The summed E-state index contributed by atoms with van der Waals surface area (Å²) in [4.78, 5) is 12.9. The predicted molar refractivity (Wildman–Crippen MR) is 130 cm³/mol. The van der Waals surface area contributed by atoms with Gasteiger partial charge in [-0.2, -0.15) is 0 Å². The van der Waals surface area contributed by atoms with Gasteiger partial charge in [0.1, 0.15) is 30.8 Å². The van der Waals surface area contributed by atoms with Gasteiger partial charge in [-0.25, -0.2) is 8.42 Å². The molecule has 1 atom stereocenters. The molecule has 184 valence electrons. The highest BCUT2D eigenvalue weighted by molar-refractivity contribution is 7.92. The highest BCUT2D eigenvalue weighted by Crippen LogP contribution is 2.33. The number of methoxy groups -OCH3 is 2. The van der Waals surface area contributed by atoms with Crippen molar-refractivity contribution in [3.8, 4) is 23.0 Å². The van der Waals surface area contributed by atoms with Gasteiger partial charge < -0.3 is 24.3 Å². The molecule has 1 aliphatic heterocycles. The molecule has 0 aromatic heterocycles. The van der Waals surface area contributed by atoms with Crippen molar-refractivity contribution in [2.75, 3.05) is 38.2 Å². The van der Waals surface area contributed by atoms with Gasteiger partial charge >= 0.3 is 0 Å². The van der Waals surface area contributed by atoms with Crippen LogP contribution in [0.4, 0.5) is 5.69 Å². The summed E-state index contributed by atoms with van der Waals surface area (Å²) >= 11 is 0. The first-order valence-corrected chi connectivity index (χ1v) is 12.3. The highest BCUT2D eigenvalue weighted by Gasteiger charge is 2.30. The van der Waals surface area contributed by atoms with Crippen molar-refractivity contribution in [1.82, 2.24) is 5.32 Å². The third-order valence-corrected chi connectivity index (χ3v) is 7.16. The van der Waals surface area contributed by atoms with Crippen LogP contribution in [0.25, 0.3) is 0 Å². The Hall–Kier alpha value is -3.92. The van der Waals surface area contributed by atoms with Crippen molar-refractivity contribution in [3.05, 3.63) is 72.8 Å². The van der Waals surface area contributed by atoms with E-state index in [1.807, 2.05) is 12.1 Å². The summed E-state index contributed by atoms with van der Waals surface area (Å²) in [5.74, 6) is 1.56. The molecule has 0 spiro atoms. The number of ether oxygens (including phenoxy) is 4. The van der Waals surface area contributed by atoms with Crippen molar-refractivity contribution < 1.29 is 32.2 Å². The Bertz CT molecular complexity index is 1280. The quantitative estimate of drug-likeness (QED) is 0.484. The van der Waals surface area contributed by atoms with Crippen LogP contribution in [-0.2, 0) is 14.8 Å². The Labute approximate surface area is 204 Å². The van der Waals surface area contributed by atoms with Gasteiger partial charge in [0.25, 0.3) is 10.0 Å². The van der Waals surface area contributed by atoms with E-state index in [1.165, 1.54) is 26.4 Å². The fraction of sp³-hybridized carbons (Fsp3) is 0.240. The Kier molecular flexibility index (Phi) is 7.31. The lowest BCUT2D eigenvalue weighted by Gasteiger charge is -2.28. The molecule has 10 heteroatoms. The van der Waals surface area contributed by atoms with E-state index in [9.17, 15) is 13.2 Å². The van der Waals surface area contributed by atoms with Crippen LogP contribution in [0.15, 0.2) is 77.7 Å². The number of sulfonamides is 1. The number of fused-ring (bicyclic) bond motifs is 1. The van der Waals surface area contributed by atoms with Crippen LogP contribution >= 0.6 is 0 Å². The molecule has 3 aromatic carbocycles. The second-order valence-corrected chi connectivity index (χ2v) is 9.52. The van der Waals surface area contributed by atoms with Crippen molar-refractivity contribution in [1.29, 1.82) is 0 Å². The monoisotopic (exact) mass is 498 g/mol. The van der Waals surface area contributed by atoms with Crippen LogP contribution in [0.5, 0.6) is 23.0 Å². The Morgan fingerprint density at radius 1 is 0.971 bits per heavy atom. The van der Waals surface area contributed by atoms with Crippen LogP contribution < -0.4 is 28.6 Å². The molecule has 9 nitrogen and oxygen atoms in total. The molecule has 1 amide bonds. The molecule has 1 N–H and O–H groups in total. The van der Waals surface area contributed by atoms with Crippen LogP contribution in [-0.4, -0.2) is 54.3 Å². The normalized spacial score (nSPS) is 14.6. The van der Waals surface area contributed by atoms with E-state index in [2.05, 4.69) is 5.32 Å². The van der Waals surface area contributed by atoms with E-state index in [4.69, 9.17) is 18.9 Å². The van der Waals surface area contributed by atoms with E-state index >= 15 is 0 Å². The zero-order valence-electron chi connectivity index (χ0n) is 19.3. The standard InChI is InChI=1S/C25H26N2O7S/c1-31-18-11-13-20(14-12-18)35(29,30)27(21-7-3-4-8-22(21)32-2)16-25(28)26-15-19-17-33-23-9-5-6-10-24(23)34-19/h3-14,19H,15-17H2,1-2H3,(H,26,28)/t19-/m1/s1. The number of para-hydroxylation sites is 4. The second-order valence-electron chi connectivity index (χ2n) is 7.66. The SMILES string of the molecule is COc1ccc(S(=O)(=O)N(CC(=O)NC[C@@H]2COc3ccccc3O2)c2ccccc2OC)cc1. The van der Waals surface area contributed by atoms with Gasteiger partial charge in [-0.3, -0.25) is 9.10 Å². The number of hydrogen-bond donors (Lipinski definition) is 1. The number of hydrogen-bond acceptors (Lipinski definition) is 7. The van der Waals surface area contributed by atoms with Crippen LogP contribution in [0.1, 0.15) is 0 Å². The number of anilines is 1. The van der Waals surface area contributed by atoms with Crippen LogP contribution in [0, 0.1) is 0 Å². The van der Waals surface area contributed by atoms with E-state index in [1.54, 1.807) is 48.5 Å². The summed E-state index contributed by atoms with van der Waals surface area (Å²) in [6.45, 7) is -0.0495. The van der Waals surface area contributed by atoms with Gasteiger partial charge in [-0.15, -0.1) is 0 Å². The van der Waals surface area contributed by atoms with Gasteiger partial charge in [-0.1, -0.05) is 24.3 Å². The summed E-state index contributed by atoms with van der Waals surface area (Å²) < 4.78 is 50.2. The maximum Gasteiger partial charge on any atom is 0.264 e. The maximum absolute atomic E-state index is 13.6. The first kappa shape index (κ1) is 24.2. The molecule has 0 saturated heterocycles. The minimum atomic E-state index is -4.11. The number of carbonyl (C=O) groups is 1. The van der Waals surface area contributed by atoms with E-state index in [0.717, 1.165) is 4.31 Å². The Morgan fingerprint density at radius 3 is 2.37 bits per heavy atom. The number of nitrogens with zero attached hydrogens (tertiary/aromatic N) is 1. The second kappa shape index (κ2) is 10.6. The lowest BCUT2D eigenvalue weighted by molar-refractivity contribution is -0.120.